The van der Waals surface area contributed by atoms with Crippen molar-refractivity contribution in [3.63, 3.8) is 0 Å². The number of nitrogens with one attached hydrogen (secondary N) is 2. The van der Waals surface area contributed by atoms with Crippen molar-refractivity contribution in [3.05, 3.63) is 24.3 Å². The van der Waals surface area contributed by atoms with Gasteiger partial charge < -0.3 is 25.0 Å². The van der Waals surface area contributed by atoms with Gasteiger partial charge in [0.25, 0.3) is 0 Å². The highest BCUT2D eigenvalue weighted by Crippen LogP contribution is 2.34. The third kappa shape index (κ3) is 6.92. The van der Waals surface area contributed by atoms with E-state index in [-0.39, 0.29) is 0 Å². The van der Waals surface area contributed by atoms with Gasteiger partial charge in [-0.2, -0.15) is 0 Å². The molecule has 0 bridgehead atoms. The highest BCUT2D eigenvalue weighted by Gasteiger charge is 2.32. The zero-order valence-corrected chi connectivity index (χ0v) is 15.9. The number of hydrogen-bond acceptors (Lipinski definition) is 4. The summed E-state index contributed by atoms with van der Waals surface area (Å²) in [6, 6.07) is 8.50. The van der Waals surface area contributed by atoms with Crippen molar-refractivity contribution in [2.45, 2.75) is 25.3 Å². The summed E-state index contributed by atoms with van der Waals surface area (Å²) < 4.78 is 10.8. The van der Waals surface area contributed by atoms with Crippen molar-refractivity contribution in [1.29, 1.82) is 0 Å². The fourth-order valence-electron chi connectivity index (χ4n) is 2.83. The average Bonchev–Trinajstić information content (AvgIpc) is 3.43. The topological polar surface area (TPSA) is 58.1 Å². The van der Waals surface area contributed by atoms with E-state index in [0.717, 1.165) is 36.3 Å². The molecule has 1 atom stereocenters. The van der Waals surface area contributed by atoms with Crippen molar-refractivity contribution in [1.82, 2.24) is 10.2 Å². The third-order valence-corrected chi connectivity index (χ3v) is 4.39. The second-order valence-corrected chi connectivity index (χ2v) is 6.67. The molecule has 0 heterocycles. The lowest BCUT2D eigenvalue weighted by atomic mass is 10.1. The van der Waals surface area contributed by atoms with E-state index < -0.39 is 0 Å². The van der Waals surface area contributed by atoms with Gasteiger partial charge in [0, 0.05) is 51.5 Å². The minimum absolute atomic E-state index is 0.550. The minimum Gasteiger partial charge on any atom is -0.493 e. The summed E-state index contributed by atoms with van der Waals surface area (Å²) in [5.41, 5.74) is 0.963. The first kappa shape index (κ1) is 19.5. The molecule has 0 spiro atoms. The summed E-state index contributed by atoms with van der Waals surface area (Å²) >= 11 is 0. The van der Waals surface area contributed by atoms with Gasteiger partial charge in [-0.3, -0.25) is 4.99 Å². The summed E-state index contributed by atoms with van der Waals surface area (Å²) in [6.45, 7) is 2.25. The molecule has 0 aromatic heterocycles. The lowest BCUT2D eigenvalue weighted by Crippen LogP contribution is -2.43. The Morgan fingerprint density at radius 3 is 2.76 bits per heavy atom. The van der Waals surface area contributed by atoms with E-state index in [0.29, 0.717) is 19.3 Å². The van der Waals surface area contributed by atoms with Gasteiger partial charge in [0.15, 0.2) is 5.96 Å². The normalized spacial score (nSPS) is 16.0. The van der Waals surface area contributed by atoms with E-state index in [1.165, 1.54) is 12.8 Å². The van der Waals surface area contributed by atoms with Crippen LogP contribution in [0.1, 0.15) is 19.3 Å². The Morgan fingerprint density at radius 1 is 1.32 bits per heavy atom. The molecule has 6 nitrogen and oxygen atoms in total. The Kier molecular flexibility index (Phi) is 8.01. The average molecular weight is 348 g/mol. The van der Waals surface area contributed by atoms with Crippen LogP contribution in [0.3, 0.4) is 0 Å². The van der Waals surface area contributed by atoms with Crippen LogP contribution in [-0.4, -0.2) is 64.9 Å². The smallest absolute Gasteiger partial charge is 0.195 e. The van der Waals surface area contributed by atoms with Gasteiger partial charge in [-0.05, 0) is 45.0 Å². The zero-order valence-electron chi connectivity index (χ0n) is 15.9. The lowest BCUT2D eigenvalue weighted by molar-refractivity contribution is 0.172. The molecular weight excluding hydrogens is 316 g/mol. The predicted molar refractivity (Wildman–Crippen MR) is 104 cm³/mol. The van der Waals surface area contributed by atoms with Crippen LogP contribution in [0.25, 0.3) is 0 Å². The molecule has 25 heavy (non-hydrogen) atoms. The maximum Gasteiger partial charge on any atom is 0.195 e. The van der Waals surface area contributed by atoms with Gasteiger partial charge >= 0.3 is 0 Å². The van der Waals surface area contributed by atoms with Crippen LogP contribution in [0, 0.1) is 5.92 Å². The number of methoxy groups -OCH3 is 1. The number of anilines is 1. The first-order valence-corrected chi connectivity index (χ1v) is 9.00. The predicted octanol–water partition coefficient (Wildman–Crippen LogP) is 2.43. The molecular formula is C19H32N4O2. The van der Waals surface area contributed by atoms with Crippen LogP contribution < -0.4 is 15.4 Å². The fraction of sp³-hybridized carbons (Fsp3) is 0.632. The van der Waals surface area contributed by atoms with Gasteiger partial charge in [0.2, 0.25) is 0 Å². The minimum atomic E-state index is 0.550. The number of benzene rings is 1. The van der Waals surface area contributed by atoms with Crippen molar-refractivity contribution < 1.29 is 9.47 Å². The summed E-state index contributed by atoms with van der Waals surface area (Å²) in [4.78, 5) is 6.63. The molecule has 0 radical (unpaired) electrons. The molecule has 1 aromatic carbocycles. The molecule has 1 aliphatic carbocycles. The van der Waals surface area contributed by atoms with Gasteiger partial charge in [-0.15, -0.1) is 0 Å². The molecule has 1 aliphatic rings. The number of nitrogens with zero attached hydrogens (tertiary/aromatic N) is 2. The number of rotatable bonds is 10. The molecule has 1 unspecified atom stereocenters. The zero-order chi connectivity index (χ0) is 18.1. The molecule has 1 fully saturated rings. The number of likely N-dealkylation sites (N-methyl/N-ethyl adjacent to an activating group) is 1. The maximum atomic E-state index is 5.75. The van der Waals surface area contributed by atoms with E-state index >= 15 is 0 Å². The van der Waals surface area contributed by atoms with Crippen LogP contribution in [0.2, 0.25) is 0 Å². The van der Waals surface area contributed by atoms with E-state index in [2.05, 4.69) is 34.6 Å². The first-order chi connectivity index (χ1) is 12.1. The van der Waals surface area contributed by atoms with E-state index in [1.807, 2.05) is 24.3 Å². The second-order valence-electron chi connectivity index (χ2n) is 6.67. The summed E-state index contributed by atoms with van der Waals surface area (Å²) in [7, 11) is 7.78. The van der Waals surface area contributed by atoms with Gasteiger partial charge in [0.1, 0.15) is 5.75 Å². The third-order valence-electron chi connectivity index (χ3n) is 4.39. The lowest BCUT2D eigenvalue weighted by Gasteiger charge is -2.25. The van der Waals surface area contributed by atoms with Gasteiger partial charge in [0.05, 0.1) is 6.61 Å². The van der Waals surface area contributed by atoms with Crippen molar-refractivity contribution >= 4 is 11.6 Å². The Balaban J connectivity index is 1.83. The van der Waals surface area contributed by atoms with Crippen molar-refractivity contribution in [2.75, 3.05) is 53.3 Å². The van der Waals surface area contributed by atoms with Crippen LogP contribution >= 0.6 is 0 Å². The monoisotopic (exact) mass is 348 g/mol. The summed E-state index contributed by atoms with van der Waals surface area (Å²) in [6.07, 6.45) is 3.54. The highest BCUT2D eigenvalue weighted by atomic mass is 16.5. The largest absolute Gasteiger partial charge is 0.493 e. The molecule has 1 saturated carbocycles. The fourth-order valence-corrected chi connectivity index (χ4v) is 2.83. The first-order valence-electron chi connectivity index (χ1n) is 9.00. The van der Waals surface area contributed by atoms with E-state index in [4.69, 9.17) is 9.47 Å². The van der Waals surface area contributed by atoms with Crippen molar-refractivity contribution in [3.8, 4) is 5.75 Å². The Bertz CT molecular complexity index is 542. The maximum absolute atomic E-state index is 5.75. The Morgan fingerprint density at radius 2 is 2.12 bits per heavy atom. The number of hydrogen-bond donors (Lipinski definition) is 2. The van der Waals surface area contributed by atoms with Crippen LogP contribution in [0.5, 0.6) is 5.75 Å². The molecule has 0 aliphatic heterocycles. The Hall–Kier alpha value is -1.79. The van der Waals surface area contributed by atoms with E-state index in [1.54, 1.807) is 14.2 Å². The SMILES string of the molecule is CN=C(NCC(C1CC1)N(C)C)Nc1cccc(OCCCOC)c1. The van der Waals surface area contributed by atoms with Crippen LogP contribution in [-0.2, 0) is 4.74 Å². The van der Waals surface area contributed by atoms with Crippen LogP contribution in [0.4, 0.5) is 5.69 Å². The van der Waals surface area contributed by atoms with Gasteiger partial charge in [-0.25, -0.2) is 0 Å². The molecule has 2 rings (SSSR count). The molecule has 2 N–H and O–H groups in total. The number of ether oxygens (including phenoxy) is 2. The highest BCUT2D eigenvalue weighted by molar-refractivity contribution is 5.93. The summed E-state index contributed by atoms with van der Waals surface area (Å²) in [5, 5.41) is 6.78. The standard InChI is InChI=1S/C19H32N4O2/c1-20-19(21-14-18(23(2)3)15-9-10-15)22-16-7-5-8-17(13-16)25-12-6-11-24-4/h5,7-8,13,15,18H,6,9-12,14H2,1-4H3,(H2,20,21,22). The molecule has 0 amide bonds. The second kappa shape index (κ2) is 10.3. The number of guanidine groups is 1. The quantitative estimate of drug-likeness (QED) is 0.386. The van der Waals surface area contributed by atoms with Crippen molar-refractivity contribution in [2.24, 2.45) is 10.9 Å². The molecule has 140 valence electrons. The molecule has 6 heteroatoms. The van der Waals surface area contributed by atoms with Gasteiger partial charge in [-0.1, -0.05) is 6.07 Å². The Labute approximate surface area is 151 Å². The molecule has 1 aromatic rings. The van der Waals surface area contributed by atoms with E-state index in [9.17, 15) is 0 Å². The number of aliphatic imine (C=N–C) groups is 1. The van der Waals surface area contributed by atoms with Crippen LogP contribution in [0.15, 0.2) is 29.3 Å². The summed E-state index contributed by atoms with van der Waals surface area (Å²) in [5.74, 6) is 2.44. The molecule has 0 saturated heterocycles.